The molecule has 2 atom stereocenters. The zero-order valence-electron chi connectivity index (χ0n) is 59.6. The average Bonchev–Trinajstić information content (AvgIpc) is 3.75. The lowest BCUT2D eigenvalue weighted by molar-refractivity contribution is -0.161. The number of phosphoric ester groups is 1. The van der Waals surface area contributed by atoms with E-state index in [4.69, 9.17) is 24.3 Å². The van der Waals surface area contributed by atoms with Gasteiger partial charge in [-0.3, -0.25) is 18.6 Å². The van der Waals surface area contributed by atoms with Crippen LogP contribution >= 0.6 is 7.82 Å². The SMILES string of the molecule is CC/C=C\C/C=C\C/C=C\C/C=C\C/C=C\CCCCCCCCCCCCCCCCCCCCCC(=O)OC(COC(=O)CCCCCCCCCCCCCCCCCCCCCCCCCCCCCCCCCCCC)COP(=O)(O)OCCN. The summed E-state index contributed by atoms with van der Waals surface area (Å²) < 4.78 is 33.3. The van der Waals surface area contributed by atoms with E-state index in [1.165, 1.54) is 308 Å². The Morgan fingerprint density at radius 2 is 0.611 bits per heavy atom. The maximum atomic E-state index is 12.8. The Kier molecular flexibility index (Phi) is 73.8. The highest BCUT2D eigenvalue weighted by Crippen LogP contribution is 2.43. The molecule has 0 aromatic heterocycles. The van der Waals surface area contributed by atoms with Crippen molar-refractivity contribution in [1.29, 1.82) is 0 Å². The number of ether oxygens (including phenoxy) is 2. The van der Waals surface area contributed by atoms with Crippen LogP contribution in [0, 0.1) is 0 Å². The Balaban J connectivity index is 3.77. The van der Waals surface area contributed by atoms with Crippen molar-refractivity contribution in [2.75, 3.05) is 26.4 Å². The fraction of sp³-hybridized carbons (Fsp3) is 0.850. The van der Waals surface area contributed by atoms with Gasteiger partial charge >= 0.3 is 19.8 Å². The fourth-order valence-electron chi connectivity index (χ4n) is 11.9. The van der Waals surface area contributed by atoms with E-state index in [-0.39, 0.29) is 38.6 Å². The molecule has 2 unspecified atom stereocenters. The van der Waals surface area contributed by atoms with Gasteiger partial charge in [-0.05, 0) is 57.8 Å². The van der Waals surface area contributed by atoms with Crippen LogP contribution in [0.3, 0.4) is 0 Å². The minimum atomic E-state index is -4.39. The molecule has 0 saturated heterocycles. The standard InChI is InChI=1S/C80H150NO8P/c1-3-5-7-9-11-13-15-17-19-21-23-25-27-29-31-33-35-37-39-41-43-45-47-49-51-53-55-57-59-61-63-65-67-69-71-73-80(83)89-78(77-88-90(84,85)87-75-74-81)76-86-79(82)72-70-68-66-64-62-60-58-56-54-52-50-48-46-44-42-40-38-36-34-32-30-28-26-24-22-20-18-16-14-12-10-8-6-4-2/h5,7,11,13,17,19,23,25,29,31,78H,3-4,6,8-10,12,14-16,18,20-22,24,26-28,30,32-77,81H2,1-2H3,(H,84,85)/b7-5-,13-11-,19-17-,25-23-,31-29-. The first kappa shape index (κ1) is 87.7. The predicted octanol–water partition coefficient (Wildman–Crippen LogP) is 26.2. The van der Waals surface area contributed by atoms with Gasteiger partial charge in [-0.25, -0.2) is 4.57 Å². The van der Waals surface area contributed by atoms with Gasteiger partial charge in [0.1, 0.15) is 6.61 Å². The topological polar surface area (TPSA) is 134 Å². The van der Waals surface area contributed by atoms with E-state index >= 15 is 0 Å². The lowest BCUT2D eigenvalue weighted by atomic mass is 10.0. The first-order valence-electron chi connectivity index (χ1n) is 39.3. The molecule has 0 bridgehead atoms. The molecule has 0 aromatic carbocycles. The van der Waals surface area contributed by atoms with Gasteiger partial charge in [0.2, 0.25) is 0 Å². The third-order valence-electron chi connectivity index (χ3n) is 17.7. The van der Waals surface area contributed by atoms with E-state index < -0.39 is 26.5 Å². The molecular formula is C80H150NO8P. The second-order valence-corrected chi connectivity index (χ2v) is 28.0. The summed E-state index contributed by atoms with van der Waals surface area (Å²) in [5.74, 6) is -0.804. The van der Waals surface area contributed by atoms with E-state index in [0.29, 0.717) is 6.42 Å². The van der Waals surface area contributed by atoms with Crippen LogP contribution in [0.2, 0.25) is 0 Å². The molecule has 90 heavy (non-hydrogen) atoms. The number of carbonyl (C=O) groups excluding carboxylic acids is 2. The van der Waals surface area contributed by atoms with Gasteiger partial charge in [-0.1, -0.05) is 396 Å². The number of nitrogens with two attached hydrogens (primary N) is 1. The molecule has 0 aromatic rings. The Hall–Kier alpha value is -2.29. The molecule has 0 aliphatic rings. The minimum absolute atomic E-state index is 0.0553. The summed E-state index contributed by atoms with van der Waals surface area (Å²) in [6.45, 7) is 3.71. The second-order valence-electron chi connectivity index (χ2n) is 26.6. The van der Waals surface area contributed by atoms with Crippen LogP contribution in [0.5, 0.6) is 0 Å². The summed E-state index contributed by atoms with van der Waals surface area (Å²) in [7, 11) is -4.39. The Morgan fingerprint density at radius 3 is 0.911 bits per heavy atom. The Morgan fingerprint density at radius 1 is 0.344 bits per heavy atom. The number of unbranched alkanes of at least 4 members (excludes halogenated alkanes) is 52. The maximum Gasteiger partial charge on any atom is 0.472 e. The van der Waals surface area contributed by atoms with Crippen molar-refractivity contribution in [2.45, 2.75) is 412 Å². The van der Waals surface area contributed by atoms with Crippen molar-refractivity contribution in [2.24, 2.45) is 5.73 Å². The normalized spacial score (nSPS) is 13.2. The molecule has 0 aliphatic heterocycles. The van der Waals surface area contributed by atoms with Crippen molar-refractivity contribution in [3.8, 4) is 0 Å². The summed E-state index contributed by atoms with van der Waals surface area (Å²) in [6.07, 6.45) is 99.3. The van der Waals surface area contributed by atoms with Crippen molar-refractivity contribution < 1.29 is 37.6 Å². The third-order valence-corrected chi connectivity index (χ3v) is 18.7. The van der Waals surface area contributed by atoms with Crippen LogP contribution in [-0.2, 0) is 32.7 Å². The van der Waals surface area contributed by atoms with Gasteiger partial charge in [0.25, 0.3) is 0 Å². The molecule has 0 amide bonds. The highest BCUT2D eigenvalue weighted by Gasteiger charge is 2.26. The molecule has 0 radical (unpaired) electrons. The number of rotatable bonds is 75. The quantitative estimate of drug-likeness (QED) is 0.0264. The molecule has 0 aliphatic carbocycles. The zero-order chi connectivity index (χ0) is 65.1. The van der Waals surface area contributed by atoms with Crippen molar-refractivity contribution >= 4 is 19.8 Å². The largest absolute Gasteiger partial charge is 0.472 e. The van der Waals surface area contributed by atoms with E-state index in [2.05, 4.69) is 74.6 Å². The lowest BCUT2D eigenvalue weighted by Gasteiger charge is -2.19. The van der Waals surface area contributed by atoms with Gasteiger partial charge in [-0.2, -0.15) is 0 Å². The fourth-order valence-corrected chi connectivity index (χ4v) is 12.7. The molecule has 0 fully saturated rings. The molecular weight excluding hydrogens is 1130 g/mol. The van der Waals surface area contributed by atoms with Gasteiger partial charge in [-0.15, -0.1) is 0 Å². The Bertz CT molecular complexity index is 1660. The van der Waals surface area contributed by atoms with Crippen LogP contribution in [0.4, 0.5) is 0 Å². The van der Waals surface area contributed by atoms with Crippen molar-refractivity contribution in [3.05, 3.63) is 60.8 Å². The first-order chi connectivity index (χ1) is 44.3. The average molecular weight is 1290 g/mol. The monoisotopic (exact) mass is 1280 g/mol. The van der Waals surface area contributed by atoms with Crippen LogP contribution in [-0.4, -0.2) is 49.3 Å². The number of hydrogen-bond acceptors (Lipinski definition) is 8. The van der Waals surface area contributed by atoms with Crippen LogP contribution in [0.25, 0.3) is 0 Å². The number of esters is 2. The second kappa shape index (κ2) is 75.7. The summed E-state index contributed by atoms with van der Waals surface area (Å²) >= 11 is 0. The highest BCUT2D eigenvalue weighted by atomic mass is 31.2. The van der Waals surface area contributed by atoms with Gasteiger partial charge in [0, 0.05) is 19.4 Å². The number of carbonyl (C=O) groups is 2. The predicted molar refractivity (Wildman–Crippen MR) is 390 cm³/mol. The van der Waals surface area contributed by atoms with E-state index in [1.807, 2.05) is 0 Å². The molecule has 0 rings (SSSR count). The van der Waals surface area contributed by atoms with E-state index in [9.17, 15) is 19.0 Å². The summed E-state index contributed by atoms with van der Waals surface area (Å²) in [5.41, 5.74) is 5.41. The van der Waals surface area contributed by atoms with Crippen LogP contribution in [0.1, 0.15) is 406 Å². The number of phosphoric acid groups is 1. The maximum absolute atomic E-state index is 12.8. The molecule has 0 saturated carbocycles. The van der Waals surface area contributed by atoms with E-state index in [0.717, 1.165) is 64.2 Å². The van der Waals surface area contributed by atoms with Crippen LogP contribution < -0.4 is 5.73 Å². The summed E-state index contributed by atoms with van der Waals surface area (Å²) in [6, 6.07) is 0. The lowest BCUT2D eigenvalue weighted by Crippen LogP contribution is -2.29. The molecule has 0 spiro atoms. The minimum Gasteiger partial charge on any atom is -0.462 e. The summed E-state index contributed by atoms with van der Waals surface area (Å²) in [4.78, 5) is 35.4. The molecule has 9 nitrogen and oxygen atoms in total. The first-order valence-corrected chi connectivity index (χ1v) is 40.8. The third kappa shape index (κ3) is 74.7. The summed E-state index contributed by atoms with van der Waals surface area (Å²) in [5, 5.41) is 0. The zero-order valence-corrected chi connectivity index (χ0v) is 60.5. The number of hydrogen-bond donors (Lipinski definition) is 2. The molecule has 3 N–H and O–H groups in total. The molecule has 10 heteroatoms. The van der Waals surface area contributed by atoms with Gasteiger partial charge in [0.15, 0.2) is 6.10 Å². The highest BCUT2D eigenvalue weighted by molar-refractivity contribution is 7.47. The van der Waals surface area contributed by atoms with E-state index in [1.54, 1.807) is 0 Å². The van der Waals surface area contributed by atoms with Crippen LogP contribution in [0.15, 0.2) is 60.8 Å². The smallest absolute Gasteiger partial charge is 0.462 e. The van der Waals surface area contributed by atoms with Crippen molar-refractivity contribution in [3.63, 3.8) is 0 Å². The van der Waals surface area contributed by atoms with Crippen molar-refractivity contribution in [1.82, 2.24) is 0 Å². The number of allylic oxidation sites excluding steroid dienone is 10. The Labute approximate surface area is 559 Å². The van der Waals surface area contributed by atoms with Gasteiger partial charge in [0.05, 0.1) is 13.2 Å². The molecule has 0 heterocycles. The van der Waals surface area contributed by atoms with Gasteiger partial charge < -0.3 is 20.1 Å². The molecule has 528 valence electrons.